The summed E-state index contributed by atoms with van der Waals surface area (Å²) < 4.78 is 14.8. The van der Waals surface area contributed by atoms with Gasteiger partial charge in [0.1, 0.15) is 5.82 Å². The summed E-state index contributed by atoms with van der Waals surface area (Å²) in [5.74, 6) is -0.209. The molecule has 3 rings (SSSR count). The predicted molar refractivity (Wildman–Crippen MR) is 66.8 cm³/mol. The van der Waals surface area contributed by atoms with Crippen molar-refractivity contribution in [2.24, 2.45) is 0 Å². The van der Waals surface area contributed by atoms with Crippen molar-refractivity contribution in [3.05, 3.63) is 35.6 Å². The van der Waals surface area contributed by atoms with Crippen molar-refractivity contribution in [3.8, 4) is 0 Å². The highest BCUT2D eigenvalue weighted by Gasteiger charge is 2.28. The monoisotopic (exact) mass is 264 g/mol. The van der Waals surface area contributed by atoms with Crippen LogP contribution in [0.1, 0.15) is 36.6 Å². The van der Waals surface area contributed by atoms with E-state index in [1.54, 1.807) is 23.9 Å². The molecule has 18 heavy (non-hydrogen) atoms. The minimum Gasteiger partial charge on any atom is -0.217 e. The Morgan fingerprint density at radius 3 is 2.72 bits per heavy atom. The lowest BCUT2D eigenvalue weighted by atomic mass is 10.2. The van der Waals surface area contributed by atoms with Gasteiger partial charge >= 0.3 is 0 Å². The first kappa shape index (κ1) is 11.6. The number of aromatic nitrogens is 4. The van der Waals surface area contributed by atoms with Crippen molar-refractivity contribution in [2.45, 2.75) is 36.2 Å². The van der Waals surface area contributed by atoms with Gasteiger partial charge in [-0.2, -0.15) is 0 Å². The average molecular weight is 264 g/mol. The van der Waals surface area contributed by atoms with Gasteiger partial charge in [-0.05, 0) is 47.9 Å². The summed E-state index contributed by atoms with van der Waals surface area (Å²) in [5.41, 5.74) is 1.08. The SMILES string of the molecule is CC(Sc1nnnn1C1CC1)c1ccc(F)cc1. The van der Waals surface area contributed by atoms with Gasteiger partial charge in [0.2, 0.25) is 5.16 Å². The van der Waals surface area contributed by atoms with Gasteiger partial charge in [0.15, 0.2) is 0 Å². The van der Waals surface area contributed by atoms with E-state index < -0.39 is 0 Å². The fourth-order valence-electron chi connectivity index (χ4n) is 1.77. The minimum absolute atomic E-state index is 0.203. The number of nitrogens with zero attached hydrogens (tertiary/aromatic N) is 4. The highest BCUT2D eigenvalue weighted by molar-refractivity contribution is 7.99. The zero-order valence-electron chi connectivity index (χ0n) is 9.95. The van der Waals surface area contributed by atoms with Gasteiger partial charge in [0, 0.05) is 5.25 Å². The van der Waals surface area contributed by atoms with E-state index in [1.807, 2.05) is 4.68 Å². The zero-order chi connectivity index (χ0) is 12.5. The van der Waals surface area contributed by atoms with Crippen molar-refractivity contribution >= 4 is 11.8 Å². The van der Waals surface area contributed by atoms with E-state index >= 15 is 0 Å². The van der Waals surface area contributed by atoms with Crippen LogP contribution < -0.4 is 0 Å². The van der Waals surface area contributed by atoms with E-state index in [-0.39, 0.29) is 11.1 Å². The largest absolute Gasteiger partial charge is 0.217 e. The number of halogens is 1. The second kappa shape index (κ2) is 4.68. The molecule has 4 nitrogen and oxygen atoms in total. The lowest BCUT2D eigenvalue weighted by Gasteiger charge is -2.10. The predicted octanol–water partition coefficient (Wildman–Crippen LogP) is 3.00. The molecule has 0 saturated heterocycles. The van der Waals surface area contributed by atoms with Crippen molar-refractivity contribution in [3.63, 3.8) is 0 Å². The summed E-state index contributed by atoms with van der Waals surface area (Å²) in [6, 6.07) is 7.05. The molecule has 0 spiro atoms. The number of hydrogen-bond donors (Lipinski definition) is 0. The maximum atomic E-state index is 12.9. The van der Waals surface area contributed by atoms with Crippen molar-refractivity contribution in [1.82, 2.24) is 20.2 Å². The molecular formula is C12H13FN4S. The van der Waals surface area contributed by atoms with Crippen LogP contribution in [-0.4, -0.2) is 20.2 Å². The highest BCUT2D eigenvalue weighted by Crippen LogP contribution is 2.40. The average Bonchev–Trinajstić information content (AvgIpc) is 3.11. The van der Waals surface area contributed by atoms with E-state index in [0.717, 1.165) is 23.6 Å². The fraction of sp³-hybridized carbons (Fsp3) is 0.417. The van der Waals surface area contributed by atoms with E-state index in [0.29, 0.717) is 6.04 Å². The summed E-state index contributed by atoms with van der Waals surface area (Å²) in [6.07, 6.45) is 2.31. The normalized spacial score (nSPS) is 16.8. The lowest BCUT2D eigenvalue weighted by Crippen LogP contribution is -2.00. The third-order valence-corrected chi connectivity index (χ3v) is 4.08. The summed E-state index contributed by atoms with van der Waals surface area (Å²) >= 11 is 1.61. The molecule has 94 valence electrons. The molecular weight excluding hydrogens is 251 g/mol. The molecule has 1 heterocycles. The van der Waals surface area contributed by atoms with Crippen LogP contribution in [0.3, 0.4) is 0 Å². The Bertz CT molecular complexity index is 535. The summed E-state index contributed by atoms with van der Waals surface area (Å²) in [4.78, 5) is 0. The van der Waals surface area contributed by atoms with Crippen LogP contribution in [0.2, 0.25) is 0 Å². The van der Waals surface area contributed by atoms with Crippen LogP contribution in [0.25, 0.3) is 0 Å². The zero-order valence-corrected chi connectivity index (χ0v) is 10.8. The molecule has 0 radical (unpaired) electrons. The van der Waals surface area contributed by atoms with Crippen molar-refractivity contribution in [1.29, 1.82) is 0 Å². The molecule has 1 unspecified atom stereocenters. The van der Waals surface area contributed by atoms with E-state index in [4.69, 9.17) is 0 Å². The molecule has 1 aliphatic rings. The van der Waals surface area contributed by atoms with Crippen molar-refractivity contribution < 1.29 is 4.39 Å². The first-order valence-corrected chi connectivity index (χ1v) is 6.82. The maximum Gasteiger partial charge on any atom is 0.210 e. The third kappa shape index (κ3) is 2.38. The maximum absolute atomic E-state index is 12.9. The molecule has 1 aliphatic carbocycles. The van der Waals surface area contributed by atoms with Crippen LogP contribution in [0.5, 0.6) is 0 Å². The molecule has 6 heteroatoms. The molecule has 0 amide bonds. The van der Waals surface area contributed by atoms with Gasteiger partial charge in [-0.25, -0.2) is 9.07 Å². The molecule has 1 aromatic heterocycles. The van der Waals surface area contributed by atoms with E-state index in [2.05, 4.69) is 22.4 Å². The molecule has 1 saturated carbocycles. The summed E-state index contributed by atoms with van der Waals surface area (Å²) in [7, 11) is 0. The van der Waals surface area contributed by atoms with Crippen LogP contribution in [0, 0.1) is 5.82 Å². The van der Waals surface area contributed by atoms with Crippen LogP contribution in [-0.2, 0) is 0 Å². The molecule has 0 bridgehead atoms. The molecule has 1 atom stereocenters. The molecule has 1 aromatic carbocycles. The number of benzene rings is 1. The Balaban J connectivity index is 1.75. The fourth-order valence-corrected chi connectivity index (χ4v) is 2.76. The van der Waals surface area contributed by atoms with Gasteiger partial charge in [-0.1, -0.05) is 23.9 Å². The Kier molecular flexibility index (Phi) is 3.03. The smallest absolute Gasteiger partial charge is 0.210 e. The summed E-state index contributed by atoms with van der Waals surface area (Å²) in [5, 5.41) is 12.8. The molecule has 2 aromatic rings. The highest BCUT2D eigenvalue weighted by atomic mass is 32.2. The number of thioether (sulfide) groups is 1. The minimum atomic E-state index is -0.209. The van der Waals surface area contributed by atoms with Gasteiger partial charge < -0.3 is 0 Å². The second-order valence-electron chi connectivity index (χ2n) is 4.45. The Morgan fingerprint density at radius 1 is 1.33 bits per heavy atom. The van der Waals surface area contributed by atoms with Crippen LogP contribution >= 0.6 is 11.8 Å². The Morgan fingerprint density at radius 2 is 2.06 bits per heavy atom. The number of hydrogen-bond acceptors (Lipinski definition) is 4. The topological polar surface area (TPSA) is 43.6 Å². The van der Waals surface area contributed by atoms with Crippen LogP contribution in [0.15, 0.2) is 29.4 Å². The standard InChI is InChI=1S/C12H13FN4S/c1-8(9-2-4-10(13)5-3-9)18-12-14-15-16-17(12)11-6-7-11/h2-5,8,11H,6-7H2,1H3. The van der Waals surface area contributed by atoms with Gasteiger partial charge in [0.05, 0.1) is 6.04 Å². The summed E-state index contributed by atoms with van der Waals surface area (Å²) in [6.45, 7) is 2.07. The van der Waals surface area contributed by atoms with E-state index in [1.165, 1.54) is 12.1 Å². The first-order valence-electron chi connectivity index (χ1n) is 5.94. The van der Waals surface area contributed by atoms with E-state index in [9.17, 15) is 4.39 Å². The third-order valence-electron chi connectivity index (χ3n) is 2.98. The Hall–Kier alpha value is -1.43. The molecule has 1 fully saturated rings. The number of rotatable bonds is 4. The van der Waals surface area contributed by atoms with Crippen LogP contribution in [0.4, 0.5) is 4.39 Å². The second-order valence-corrected chi connectivity index (χ2v) is 5.76. The van der Waals surface area contributed by atoms with Gasteiger partial charge in [-0.3, -0.25) is 0 Å². The van der Waals surface area contributed by atoms with Crippen molar-refractivity contribution in [2.75, 3.05) is 0 Å². The molecule has 0 aliphatic heterocycles. The number of tetrazole rings is 1. The lowest BCUT2D eigenvalue weighted by molar-refractivity contribution is 0.565. The quantitative estimate of drug-likeness (QED) is 0.796. The van der Waals surface area contributed by atoms with Gasteiger partial charge in [-0.15, -0.1) is 5.10 Å². The van der Waals surface area contributed by atoms with Gasteiger partial charge in [0.25, 0.3) is 0 Å². The Labute approximate surface area is 109 Å². The first-order chi connectivity index (χ1) is 8.74. The molecule has 0 N–H and O–H groups in total.